The molecule has 0 radical (unpaired) electrons. The van der Waals surface area contributed by atoms with Crippen molar-refractivity contribution in [3.8, 4) is 5.75 Å². The molecule has 0 saturated carbocycles. The standard InChI is InChI=1S/C14H15FN2O2S/c1-3-19-13-5-4-10(6-11(13)15)9(2)17-14(18)12-7-20-8-16-12/h4-9H,3H2,1-2H3,(H,17,18)/t9-/m0/s1. The second-order valence-corrected chi connectivity index (χ2v) is 4.91. The molecule has 1 heterocycles. The SMILES string of the molecule is CCOc1ccc([C@H](C)NC(=O)c2cscn2)cc1F. The van der Waals surface area contributed by atoms with Crippen LogP contribution in [0.15, 0.2) is 29.1 Å². The van der Waals surface area contributed by atoms with Gasteiger partial charge in [-0.25, -0.2) is 9.37 Å². The summed E-state index contributed by atoms with van der Waals surface area (Å²) in [4.78, 5) is 15.8. The van der Waals surface area contributed by atoms with Crippen LogP contribution >= 0.6 is 11.3 Å². The number of ether oxygens (including phenoxy) is 1. The number of hydrogen-bond acceptors (Lipinski definition) is 4. The molecule has 1 N–H and O–H groups in total. The molecule has 0 fully saturated rings. The molecule has 2 rings (SSSR count). The van der Waals surface area contributed by atoms with Gasteiger partial charge >= 0.3 is 0 Å². The third-order valence-electron chi connectivity index (χ3n) is 2.77. The summed E-state index contributed by atoms with van der Waals surface area (Å²) in [6, 6.07) is 4.37. The molecule has 1 amide bonds. The molecule has 0 bridgehead atoms. The number of thiazole rings is 1. The maximum Gasteiger partial charge on any atom is 0.271 e. The summed E-state index contributed by atoms with van der Waals surface area (Å²) in [5.74, 6) is -0.485. The molecule has 1 aromatic carbocycles. The van der Waals surface area contributed by atoms with Crippen LogP contribution in [0.3, 0.4) is 0 Å². The lowest BCUT2D eigenvalue weighted by Gasteiger charge is -2.14. The van der Waals surface area contributed by atoms with Gasteiger partial charge in [-0.15, -0.1) is 11.3 Å². The molecule has 20 heavy (non-hydrogen) atoms. The Bertz CT molecular complexity index is 587. The Hall–Kier alpha value is -1.95. The summed E-state index contributed by atoms with van der Waals surface area (Å²) in [6.45, 7) is 4.00. The van der Waals surface area contributed by atoms with Crippen LogP contribution in [-0.2, 0) is 0 Å². The Morgan fingerprint density at radius 3 is 2.95 bits per heavy atom. The van der Waals surface area contributed by atoms with Gasteiger partial charge in [0, 0.05) is 5.38 Å². The van der Waals surface area contributed by atoms with Gasteiger partial charge in [0.1, 0.15) is 5.69 Å². The van der Waals surface area contributed by atoms with Crippen LogP contribution in [0.2, 0.25) is 0 Å². The number of hydrogen-bond donors (Lipinski definition) is 1. The second kappa shape index (κ2) is 6.47. The van der Waals surface area contributed by atoms with Gasteiger partial charge in [-0.05, 0) is 31.5 Å². The summed E-state index contributed by atoms with van der Waals surface area (Å²) in [7, 11) is 0. The third-order valence-corrected chi connectivity index (χ3v) is 3.35. The van der Waals surface area contributed by atoms with Gasteiger partial charge in [0.25, 0.3) is 5.91 Å². The maximum atomic E-state index is 13.8. The molecular formula is C14H15FN2O2S. The highest BCUT2D eigenvalue weighted by Gasteiger charge is 2.14. The van der Waals surface area contributed by atoms with Crippen LogP contribution in [0.25, 0.3) is 0 Å². The third kappa shape index (κ3) is 3.33. The van der Waals surface area contributed by atoms with E-state index in [2.05, 4.69) is 10.3 Å². The Kier molecular flexibility index (Phi) is 4.68. The quantitative estimate of drug-likeness (QED) is 0.921. The molecule has 2 aromatic rings. The van der Waals surface area contributed by atoms with E-state index in [9.17, 15) is 9.18 Å². The monoisotopic (exact) mass is 294 g/mol. The number of rotatable bonds is 5. The number of halogens is 1. The number of nitrogens with zero attached hydrogens (tertiary/aromatic N) is 1. The van der Waals surface area contributed by atoms with Crippen molar-refractivity contribution >= 4 is 17.2 Å². The predicted octanol–water partition coefficient (Wildman–Crippen LogP) is 3.17. The fourth-order valence-corrected chi connectivity index (χ4v) is 2.27. The highest BCUT2D eigenvalue weighted by atomic mass is 32.1. The molecule has 0 saturated heterocycles. The average molecular weight is 294 g/mol. The molecule has 0 unspecified atom stereocenters. The Morgan fingerprint density at radius 2 is 2.35 bits per heavy atom. The molecule has 0 aliphatic heterocycles. The number of carbonyl (C=O) groups excluding carboxylic acids is 1. The first-order valence-corrected chi connectivity index (χ1v) is 7.17. The van der Waals surface area contributed by atoms with E-state index in [1.165, 1.54) is 17.4 Å². The molecule has 1 atom stereocenters. The Balaban J connectivity index is 2.07. The minimum absolute atomic E-state index is 0.217. The molecule has 0 aliphatic rings. The smallest absolute Gasteiger partial charge is 0.271 e. The van der Waals surface area contributed by atoms with Crippen molar-refractivity contribution in [3.05, 3.63) is 46.2 Å². The normalized spacial score (nSPS) is 11.9. The van der Waals surface area contributed by atoms with Crippen molar-refractivity contribution in [2.75, 3.05) is 6.61 Å². The van der Waals surface area contributed by atoms with Gasteiger partial charge < -0.3 is 10.1 Å². The first-order valence-electron chi connectivity index (χ1n) is 6.23. The van der Waals surface area contributed by atoms with Crippen molar-refractivity contribution in [3.63, 3.8) is 0 Å². The summed E-state index contributed by atoms with van der Waals surface area (Å²) in [6.07, 6.45) is 0. The molecule has 0 aliphatic carbocycles. The van der Waals surface area contributed by atoms with E-state index in [1.54, 1.807) is 36.9 Å². The van der Waals surface area contributed by atoms with Crippen molar-refractivity contribution in [1.29, 1.82) is 0 Å². The number of aromatic nitrogens is 1. The molecule has 0 spiro atoms. The zero-order valence-corrected chi connectivity index (χ0v) is 12.0. The lowest BCUT2D eigenvalue weighted by Crippen LogP contribution is -2.26. The first kappa shape index (κ1) is 14.5. The van der Waals surface area contributed by atoms with E-state index in [0.29, 0.717) is 17.9 Å². The molecule has 106 valence electrons. The van der Waals surface area contributed by atoms with Crippen molar-refractivity contribution in [1.82, 2.24) is 10.3 Å². The van der Waals surface area contributed by atoms with Gasteiger partial charge in [0.05, 0.1) is 18.2 Å². The maximum absolute atomic E-state index is 13.8. The average Bonchev–Trinajstić information content (AvgIpc) is 2.95. The van der Waals surface area contributed by atoms with E-state index in [4.69, 9.17) is 4.74 Å². The molecule has 6 heteroatoms. The van der Waals surface area contributed by atoms with Crippen molar-refractivity contribution in [2.24, 2.45) is 0 Å². The largest absolute Gasteiger partial charge is 0.491 e. The lowest BCUT2D eigenvalue weighted by atomic mass is 10.1. The fourth-order valence-electron chi connectivity index (χ4n) is 1.74. The first-order chi connectivity index (χ1) is 9.61. The Labute approximate surface area is 120 Å². The van der Waals surface area contributed by atoms with E-state index < -0.39 is 5.82 Å². The fraction of sp³-hybridized carbons (Fsp3) is 0.286. The van der Waals surface area contributed by atoms with E-state index in [0.717, 1.165) is 0 Å². The number of benzene rings is 1. The van der Waals surface area contributed by atoms with Gasteiger partial charge in [0.15, 0.2) is 11.6 Å². The lowest BCUT2D eigenvalue weighted by molar-refractivity contribution is 0.0935. The van der Waals surface area contributed by atoms with Crippen LogP contribution in [0.1, 0.15) is 35.9 Å². The van der Waals surface area contributed by atoms with Crippen molar-refractivity contribution in [2.45, 2.75) is 19.9 Å². The molecule has 4 nitrogen and oxygen atoms in total. The molecular weight excluding hydrogens is 279 g/mol. The van der Waals surface area contributed by atoms with Crippen LogP contribution in [0.4, 0.5) is 4.39 Å². The summed E-state index contributed by atoms with van der Waals surface area (Å²) in [5.41, 5.74) is 2.64. The van der Waals surface area contributed by atoms with Crippen LogP contribution < -0.4 is 10.1 Å². The highest BCUT2D eigenvalue weighted by Crippen LogP contribution is 2.22. The second-order valence-electron chi connectivity index (χ2n) is 4.19. The highest BCUT2D eigenvalue weighted by molar-refractivity contribution is 7.07. The van der Waals surface area contributed by atoms with Crippen molar-refractivity contribution < 1.29 is 13.9 Å². The summed E-state index contributed by atoms with van der Waals surface area (Å²) < 4.78 is 18.9. The van der Waals surface area contributed by atoms with Gasteiger partial charge in [0.2, 0.25) is 0 Å². The zero-order chi connectivity index (χ0) is 14.5. The van der Waals surface area contributed by atoms with Crippen LogP contribution in [0.5, 0.6) is 5.75 Å². The van der Waals surface area contributed by atoms with E-state index in [-0.39, 0.29) is 17.7 Å². The van der Waals surface area contributed by atoms with Crippen LogP contribution in [-0.4, -0.2) is 17.5 Å². The molecule has 1 aromatic heterocycles. The van der Waals surface area contributed by atoms with Gasteiger partial charge in [-0.1, -0.05) is 6.07 Å². The predicted molar refractivity (Wildman–Crippen MR) is 75.6 cm³/mol. The number of nitrogens with one attached hydrogen (secondary N) is 1. The topological polar surface area (TPSA) is 51.2 Å². The van der Waals surface area contributed by atoms with Gasteiger partial charge in [-0.3, -0.25) is 4.79 Å². The van der Waals surface area contributed by atoms with E-state index >= 15 is 0 Å². The van der Waals surface area contributed by atoms with E-state index in [1.807, 2.05) is 0 Å². The number of amides is 1. The summed E-state index contributed by atoms with van der Waals surface area (Å²) in [5, 5.41) is 4.44. The summed E-state index contributed by atoms with van der Waals surface area (Å²) >= 11 is 1.35. The Morgan fingerprint density at radius 1 is 1.55 bits per heavy atom. The van der Waals surface area contributed by atoms with Gasteiger partial charge in [-0.2, -0.15) is 0 Å². The minimum atomic E-state index is -0.431. The number of carbonyl (C=O) groups is 1. The minimum Gasteiger partial charge on any atom is -0.491 e. The zero-order valence-electron chi connectivity index (χ0n) is 11.2. The van der Waals surface area contributed by atoms with Crippen LogP contribution in [0, 0.1) is 5.82 Å².